The molecule has 0 aliphatic rings. The van der Waals surface area contributed by atoms with Gasteiger partial charge >= 0.3 is 5.76 Å². The van der Waals surface area contributed by atoms with Gasteiger partial charge in [-0.25, -0.2) is 13.6 Å². The molecule has 0 aliphatic heterocycles. The first kappa shape index (κ1) is 10.5. The van der Waals surface area contributed by atoms with Gasteiger partial charge in [0.1, 0.15) is 12.4 Å². The van der Waals surface area contributed by atoms with Crippen molar-refractivity contribution in [2.24, 2.45) is 0 Å². The molecule has 0 bridgehead atoms. The Balaban J connectivity index is 2.37. The van der Waals surface area contributed by atoms with Gasteiger partial charge in [0, 0.05) is 12.1 Å². The molecule has 0 unspecified atom stereocenters. The summed E-state index contributed by atoms with van der Waals surface area (Å²) in [6.07, 6.45) is -2.58. The van der Waals surface area contributed by atoms with Crippen LogP contribution in [0.15, 0.2) is 21.3 Å². The SMILES string of the molecule is Nc1cc2oc(=O)[nH]c2cc1OCC(F)F. The van der Waals surface area contributed by atoms with E-state index in [0.717, 1.165) is 0 Å². The summed E-state index contributed by atoms with van der Waals surface area (Å²) in [4.78, 5) is 13.2. The van der Waals surface area contributed by atoms with Crippen LogP contribution in [0.3, 0.4) is 0 Å². The number of benzene rings is 1. The minimum absolute atomic E-state index is 0.0878. The number of aromatic nitrogens is 1. The normalized spacial score (nSPS) is 11.2. The number of aromatic amines is 1. The van der Waals surface area contributed by atoms with Crippen molar-refractivity contribution in [3.05, 3.63) is 22.7 Å². The molecular formula is C9H8F2N2O3. The molecule has 0 fully saturated rings. The summed E-state index contributed by atoms with van der Waals surface area (Å²) in [5.74, 6) is -0.551. The number of hydrogen-bond donors (Lipinski definition) is 2. The van der Waals surface area contributed by atoms with Crippen molar-refractivity contribution in [3.8, 4) is 5.75 Å². The summed E-state index contributed by atoms with van der Waals surface area (Å²) in [6, 6.07) is 2.69. The number of fused-ring (bicyclic) bond motifs is 1. The van der Waals surface area contributed by atoms with Crippen LogP contribution in [0, 0.1) is 0 Å². The second kappa shape index (κ2) is 3.84. The van der Waals surface area contributed by atoms with Crippen LogP contribution in [0.1, 0.15) is 0 Å². The molecule has 0 aliphatic carbocycles. The van der Waals surface area contributed by atoms with Crippen molar-refractivity contribution in [2.75, 3.05) is 12.3 Å². The Kier molecular flexibility index (Phi) is 2.51. The standard InChI is InChI=1S/C9H8F2N2O3/c10-8(11)3-15-6-2-5-7(1-4(6)12)16-9(14)13-5/h1-2,8H,3,12H2,(H,13,14). The smallest absolute Gasteiger partial charge is 0.417 e. The Bertz CT molecular complexity index is 561. The number of nitrogens with one attached hydrogen (secondary N) is 1. The highest BCUT2D eigenvalue weighted by Gasteiger charge is 2.10. The summed E-state index contributed by atoms with van der Waals surface area (Å²) in [5, 5.41) is 0. The Labute approximate surface area is 87.8 Å². The Hall–Kier alpha value is -2.05. The molecule has 0 radical (unpaired) electrons. The van der Waals surface area contributed by atoms with Gasteiger partial charge < -0.3 is 14.9 Å². The van der Waals surface area contributed by atoms with Gasteiger partial charge in [0.05, 0.1) is 11.2 Å². The van der Waals surface area contributed by atoms with Crippen molar-refractivity contribution in [1.82, 2.24) is 4.98 Å². The van der Waals surface area contributed by atoms with Crippen LogP contribution >= 0.6 is 0 Å². The average molecular weight is 230 g/mol. The van der Waals surface area contributed by atoms with E-state index in [1.807, 2.05) is 0 Å². The minimum atomic E-state index is -2.58. The van der Waals surface area contributed by atoms with Gasteiger partial charge in [-0.05, 0) is 0 Å². The lowest BCUT2D eigenvalue weighted by Crippen LogP contribution is -2.08. The van der Waals surface area contributed by atoms with E-state index in [-0.39, 0.29) is 17.0 Å². The molecule has 7 heteroatoms. The number of H-pyrrole nitrogens is 1. The van der Waals surface area contributed by atoms with Gasteiger partial charge in [-0.2, -0.15) is 0 Å². The first-order valence-electron chi connectivity index (χ1n) is 4.39. The van der Waals surface area contributed by atoms with Crippen LogP contribution in [0.4, 0.5) is 14.5 Å². The molecular weight excluding hydrogens is 222 g/mol. The maximum atomic E-state index is 11.9. The Morgan fingerprint density at radius 3 is 2.94 bits per heavy atom. The zero-order valence-corrected chi connectivity index (χ0v) is 8.00. The van der Waals surface area contributed by atoms with Crippen molar-refractivity contribution in [3.63, 3.8) is 0 Å². The number of anilines is 1. The highest BCUT2D eigenvalue weighted by atomic mass is 19.3. The second-order valence-corrected chi connectivity index (χ2v) is 3.10. The minimum Gasteiger partial charge on any atom is -0.485 e. The predicted molar refractivity (Wildman–Crippen MR) is 52.7 cm³/mol. The van der Waals surface area contributed by atoms with Crippen LogP contribution in [-0.2, 0) is 0 Å². The van der Waals surface area contributed by atoms with Gasteiger partial charge in [0.25, 0.3) is 6.43 Å². The lowest BCUT2D eigenvalue weighted by atomic mass is 10.2. The molecule has 1 aromatic carbocycles. The van der Waals surface area contributed by atoms with E-state index in [1.54, 1.807) is 0 Å². The molecule has 0 spiro atoms. The fraction of sp³-hybridized carbons (Fsp3) is 0.222. The monoisotopic (exact) mass is 230 g/mol. The molecule has 2 rings (SSSR count). The summed E-state index contributed by atoms with van der Waals surface area (Å²) >= 11 is 0. The van der Waals surface area contributed by atoms with Crippen molar-refractivity contribution < 1.29 is 17.9 Å². The first-order chi connectivity index (χ1) is 7.56. The molecule has 2 aromatic rings. The fourth-order valence-electron chi connectivity index (χ4n) is 1.27. The summed E-state index contributed by atoms with van der Waals surface area (Å²) in [5.41, 5.74) is 6.28. The van der Waals surface area contributed by atoms with E-state index in [2.05, 4.69) is 4.98 Å². The molecule has 1 heterocycles. The highest BCUT2D eigenvalue weighted by molar-refractivity contribution is 5.80. The van der Waals surface area contributed by atoms with E-state index in [0.29, 0.717) is 5.52 Å². The number of rotatable bonds is 3. The molecule has 1 aromatic heterocycles. The molecule has 0 saturated heterocycles. The van der Waals surface area contributed by atoms with Crippen molar-refractivity contribution >= 4 is 16.8 Å². The molecule has 0 saturated carbocycles. The maximum absolute atomic E-state index is 11.9. The third-order valence-corrected chi connectivity index (χ3v) is 1.92. The third-order valence-electron chi connectivity index (χ3n) is 1.92. The molecule has 16 heavy (non-hydrogen) atoms. The van der Waals surface area contributed by atoms with Crippen LogP contribution in [0.5, 0.6) is 5.75 Å². The summed E-state index contributed by atoms with van der Waals surface area (Å²) in [6.45, 7) is -0.752. The van der Waals surface area contributed by atoms with Gasteiger partial charge in [-0.1, -0.05) is 0 Å². The van der Waals surface area contributed by atoms with E-state index in [9.17, 15) is 13.6 Å². The lowest BCUT2D eigenvalue weighted by molar-refractivity contribution is 0.0823. The number of alkyl halides is 2. The van der Waals surface area contributed by atoms with E-state index < -0.39 is 18.8 Å². The van der Waals surface area contributed by atoms with Crippen molar-refractivity contribution in [1.29, 1.82) is 0 Å². The van der Waals surface area contributed by atoms with E-state index in [4.69, 9.17) is 14.9 Å². The van der Waals surface area contributed by atoms with Crippen LogP contribution in [0.2, 0.25) is 0 Å². The van der Waals surface area contributed by atoms with E-state index in [1.165, 1.54) is 12.1 Å². The molecule has 0 atom stereocenters. The number of ether oxygens (including phenoxy) is 1. The van der Waals surface area contributed by atoms with Gasteiger partial charge in [-0.15, -0.1) is 0 Å². The van der Waals surface area contributed by atoms with E-state index >= 15 is 0 Å². The van der Waals surface area contributed by atoms with Gasteiger partial charge in [-0.3, -0.25) is 4.98 Å². The second-order valence-electron chi connectivity index (χ2n) is 3.10. The van der Waals surface area contributed by atoms with Gasteiger partial charge in [0.2, 0.25) is 0 Å². The number of hydrogen-bond acceptors (Lipinski definition) is 4. The van der Waals surface area contributed by atoms with Crippen LogP contribution in [-0.4, -0.2) is 18.0 Å². The zero-order valence-electron chi connectivity index (χ0n) is 8.00. The summed E-state index contributed by atoms with van der Waals surface area (Å²) in [7, 11) is 0. The topological polar surface area (TPSA) is 81.2 Å². The van der Waals surface area contributed by atoms with Crippen LogP contribution in [0.25, 0.3) is 11.1 Å². The summed E-state index contributed by atoms with van der Waals surface area (Å²) < 4.78 is 33.4. The van der Waals surface area contributed by atoms with Gasteiger partial charge in [0.15, 0.2) is 5.58 Å². The molecule has 5 nitrogen and oxygen atoms in total. The van der Waals surface area contributed by atoms with Crippen LogP contribution < -0.4 is 16.2 Å². The number of halogens is 2. The number of nitrogen functional groups attached to an aromatic ring is 1. The Morgan fingerprint density at radius 2 is 2.25 bits per heavy atom. The molecule has 0 amide bonds. The largest absolute Gasteiger partial charge is 0.485 e. The maximum Gasteiger partial charge on any atom is 0.417 e. The average Bonchev–Trinajstić information content (AvgIpc) is 2.53. The zero-order chi connectivity index (χ0) is 11.7. The highest BCUT2D eigenvalue weighted by Crippen LogP contribution is 2.26. The molecule has 86 valence electrons. The predicted octanol–water partition coefficient (Wildman–Crippen LogP) is 1.35. The number of nitrogens with two attached hydrogens (primary N) is 1. The third kappa shape index (κ3) is 1.97. The lowest BCUT2D eigenvalue weighted by Gasteiger charge is -2.07. The number of oxazole rings is 1. The van der Waals surface area contributed by atoms with Crippen molar-refractivity contribution in [2.45, 2.75) is 6.43 Å². The fourth-order valence-corrected chi connectivity index (χ4v) is 1.27. The first-order valence-corrected chi connectivity index (χ1v) is 4.39. The Morgan fingerprint density at radius 1 is 1.50 bits per heavy atom. The quantitative estimate of drug-likeness (QED) is 0.780. The molecule has 3 N–H and O–H groups in total.